The second-order valence-electron chi connectivity index (χ2n) is 45.5. The van der Waals surface area contributed by atoms with Crippen LogP contribution in [0.1, 0.15) is 315 Å². The van der Waals surface area contributed by atoms with Gasteiger partial charge in [-0.15, -0.1) is 34.8 Å². The molecule has 0 aromatic rings. The maximum absolute atomic E-state index is 8.95. The van der Waals surface area contributed by atoms with Gasteiger partial charge in [0, 0.05) is 36.9 Å². The topological polar surface area (TPSA) is 243 Å². The van der Waals surface area contributed by atoms with Crippen LogP contribution < -0.4 is 0 Å². The molecular formula is C117H287Cl3N14O12+14. The van der Waals surface area contributed by atoms with Crippen molar-refractivity contribution in [2.24, 2.45) is 0 Å². The van der Waals surface area contributed by atoms with Gasteiger partial charge in [0.15, 0.2) is 6.73 Å². The summed E-state index contributed by atoms with van der Waals surface area (Å²) in [7, 11) is 30.0. The molecule has 904 valence electrons. The summed E-state index contributed by atoms with van der Waals surface area (Å²) in [6, 6.07) is 0. The molecule has 0 aliphatic rings. The zero-order valence-corrected chi connectivity index (χ0v) is 110. The fourth-order valence-electron chi connectivity index (χ4n) is 17.6. The molecule has 0 radical (unpaired) electrons. The number of quaternary nitrogens is 14. The van der Waals surface area contributed by atoms with E-state index in [2.05, 4.69) is 243 Å². The van der Waals surface area contributed by atoms with E-state index in [0.717, 1.165) is 131 Å². The van der Waals surface area contributed by atoms with E-state index >= 15 is 0 Å². The van der Waals surface area contributed by atoms with Crippen molar-refractivity contribution in [3.05, 3.63) is 0 Å². The highest BCUT2D eigenvalue weighted by atomic mass is 35.5. The Hall–Kier alpha value is -0.170. The molecule has 0 unspecified atom stereocenters. The number of halogens is 3. The second-order valence-corrected chi connectivity index (χ2v) is 46.7. The number of alkyl halides is 3. The Bertz CT molecular complexity index is 2150. The van der Waals surface area contributed by atoms with Crippen LogP contribution in [0.25, 0.3) is 0 Å². The van der Waals surface area contributed by atoms with E-state index < -0.39 is 0 Å². The standard InChI is InChI=1S/C16H36N.C12H28N.C10H21Cl3N.C10H24N.C8H20NO3.C8H20NO.C8H20N.C7H18NO3.C7H18NO.2C7H18N.2C6H16NO2.C5H14N/c1-5-9-13-17(14-10-6-2,15-11-7-3)16-12-8-4;1-5-9-13(10-6-2,11-7-3)12-8-4;1-14(8-2-5-11,9-3-6-12)10-4-7-13;1-5-8-11(4,9-6-2)10-7-3;1-2-9(3-6-10,4-7-11)5-8-12;1-4-9(5-2,6-3)7-8-10;1-5-9(6-2,7-3)8-4;1-8(2-5-9,3-6-10)4-7-11;1-4-8(5-2,6-3)7-9;1-5-6-7-8(2,3)4;1-5-8(4,6-2)7-3;2*1-7(2,3-5-8)4-6-9;1-5-6(2,3)4/h5-16H2,1-4H3;5-12H2,1-4H3;2-10H2,1H3;5-10H2,1-4H3;10-12H,2-8H2,1H3;10H,4-8H2,1-3H3;5-8H2,1-4H3;9-11H,2-7H2,1H3;9H,4-7H2,1-3H3;2*5-7H2,1-4H3;2*8-9H,3-6H2,1-2H3;5H2,1-4H3/q14*+1. The number of aliphatic hydroxyl groups is 12. The van der Waals surface area contributed by atoms with Gasteiger partial charge in [-0.2, -0.15) is 0 Å². The summed E-state index contributed by atoms with van der Waals surface area (Å²) in [5.41, 5.74) is 0. The summed E-state index contributed by atoms with van der Waals surface area (Å²) in [4.78, 5) is 0. The van der Waals surface area contributed by atoms with Crippen LogP contribution in [0.4, 0.5) is 0 Å². The smallest absolute Gasteiger partial charge is 0.180 e. The van der Waals surface area contributed by atoms with Gasteiger partial charge in [-0.3, -0.25) is 0 Å². The van der Waals surface area contributed by atoms with Crippen LogP contribution in [0.3, 0.4) is 0 Å². The molecule has 0 amide bonds. The number of unbranched alkanes of at least 4 members (excludes halogenated alkanes) is 5. The number of rotatable bonds is 76. The number of aliphatic hydroxyl groups excluding tert-OH is 12. The molecule has 26 nitrogen and oxygen atoms in total. The Kier molecular flexibility index (Phi) is 141. The summed E-state index contributed by atoms with van der Waals surface area (Å²) in [5.74, 6) is 2.24. The molecule has 0 saturated carbocycles. The van der Waals surface area contributed by atoms with E-state index in [1.54, 1.807) is 0 Å². The van der Waals surface area contributed by atoms with Crippen molar-refractivity contribution in [1.29, 1.82) is 0 Å². The summed E-state index contributed by atoms with van der Waals surface area (Å²) in [6.07, 6.45) is 26.2. The van der Waals surface area contributed by atoms with Crippen molar-refractivity contribution in [1.82, 2.24) is 0 Å². The zero-order valence-electron chi connectivity index (χ0n) is 108. The maximum Gasteiger partial charge on any atom is 0.180 e. The van der Waals surface area contributed by atoms with Gasteiger partial charge in [0.25, 0.3) is 0 Å². The van der Waals surface area contributed by atoms with Crippen LogP contribution >= 0.6 is 34.8 Å². The molecule has 0 rings (SSSR count). The average Bonchev–Trinajstić information content (AvgIpc) is 0.843. The van der Waals surface area contributed by atoms with Crippen molar-refractivity contribution in [2.75, 3.05) is 464 Å². The molecule has 0 aliphatic carbocycles. The summed E-state index contributed by atoms with van der Waals surface area (Å²) >= 11 is 17.1. The van der Waals surface area contributed by atoms with E-state index in [9.17, 15) is 0 Å². The van der Waals surface area contributed by atoms with Crippen molar-refractivity contribution < 1.29 is 124 Å². The minimum Gasteiger partial charge on any atom is -0.391 e. The molecular weight excluding hydrogens is 1900 g/mol. The van der Waals surface area contributed by atoms with E-state index in [-0.39, 0.29) is 72.8 Å². The minimum atomic E-state index is 0.0938. The van der Waals surface area contributed by atoms with Gasteiger partial charge in [-0.1, -0.05) is 115 Å². The third-order valence-corrected chi connectivity index (χ3v) is 31.5. The van der Waals surface area contributed by atoms with Crippen molar-refractivity contribution >= 4 is 34.8 Å². The van der Waals surface area contributed by atoms with Gasteiger partial charge in [-0.25, -0.2) is 0 Å². The Balaban J connectivity index is -0.000000108. The first-order valence-electron chi connectivity index (χ1n) is 60.2. The van der Waals surface area contributed by atoms with E-state index in [4.69, 9.17) is 96.1 Å². The molecule has 0 bridgehead atoms. The van der Waals surface area contributed by atoms with Gasteiger partial charge >= 0.3 is 0 Å². The number of nitrogens with zero attached hydrogens (tertiary/aromatic N) is 14. The molecule has 0 fully saturated rings. The van der Waals surface area contributed by atoms with Gasteiger partial charge in [0.05, 0.1) is 368 Å². The van der Waals surface area contributed by atoms with Crippen molar-refractivity contribution in [2.45, 2.75) is 315 Å². The van der Waals surface area contributed by atoms with Gasteiger partial charge < -0.3 is 124 Å². The molecule has 12 N–H and O–H groups in total. The highest BCUT2D eigenvalue weighted by Gasteiger charge is 2.29. The molecule has 0 heterocycles. The second kappa shape index (κ2) is 117. The molecule has 0 atom stereocenters. The molecule has 0 saturated heterocycles. The first kappa shape index (κ1) is 176. The van der Waals surface area contributed by atoms with E-state index in [0.29, 0.717) is 90.0 Å². The Morgan fingerprint density at radius 2 is 0.322 bits per heavy atom. The lowest BCUT2D eigenvalue weighted by Gasteiger charge is -2.39. The van der Waals surface area contributed by atoms with E-state index in [1.165, 1.54) is 262 Å². The third kappa shape index (κ3) is 115. The van der Waals surface area contributed by atoms with Crippen LogP contribution in [0.2, 0.25) is 0 Å². The van der Waals surface area contributed by atoms with Gasteiger partial charge in [-0.05, 0) is 181 Å². The first-order chi connectivity index (χ1) is 68.5. The summed E-state index contributed by atoms with van der Waals surface area (Å²) < 4.78 is 14.2. The largest absolute Gasteiger partial charge is 0.391 e. The van der Waals surface area contributed by atoms with Crippen LogP contribution in [-0.2, 0) is 0 Å². The SMILES string of the molecule is CCCC[N+](C)(C)C.CCCC[N+](CCCC)(CCCC)CCCC.CCC[N+](C)(CCC)CCC.CCC[N+](CCC)(CCC)CCC.CC[N+](C)(C)C.CC[N+](C)(CC)CC.CC[N+](CC)(CC)CC.CC[N+](CC)(CC)CCO.CC[N+](CC)(CC)CO.CC[N+](CCO)(CCO)CCO.C[N+](C)(CCO)CCO.C[N+](C)(CCO)CCO.C[N+](CCCCl)(CCCCl)CCCCl.C[N+](CCO)(CCO)CCO. The Morgan fingerprint density at radius 3 is 0.445 bits per heavy atom. The monoisotopic (exact) mass is 2190 g/mol. The third-order valence-electron chi connectivity index (χ3n) is 30.7. The molecule has 0 aromatic heterocycles. The summed E-state index contributed by atoms with van der Waals surface area (Å²) in [5, 5.41) is 104. The lowest BCUT2D eigenvalue weighted by Crippen LogP contribution is -2.53. The molecule has 29 heteroatoms. The molecule has 0 aliphatic heterocycles. The lowest BCUT2D eigenvalue weighted by atomic mass is 10.1. The predicted octanol–water partition coefficient (Wildman–Crippen LogP) is 17.0. The quantitative estimate of drug-likeness (QED) is 0.0155. The molecule has 0 aromatic carbocycles. The highest BCUT2D eigenvalue weighted by Crippen LogP contribution is 2.19. The van der Waals surface area contributed by atoms with Crippen molar-refractivity contribution in [3.8, 4) is 0 Å². The Morgan fingerprint density at radius 1 is 0.137 bits per heavy atom. The minimum absolute atomic E-state index is 0.0938. The van der Waals surface area contributed by atoms with Crippen molar-refractivity contribution in [3.63, 3.8) is 0 Å². The molecule has 0 spiro atoms. The van der Waals surface area contributed by atoms with E-state index in [1.807, 2.05) is 42.2 Å². The van der Waals surface area contributed by atoms with Crippen LogP contribution in [-0.4, -0.2) is 588 Å². The Labute approximate surface area is 932 Å². The number of hydrogen-bond donors (Lipinski definition) is 12. The van der Waals surface area contributed by atoms with Crippen LogP contribution in [0.15, 0.2) is 0 Å². The van der Waals surface area contributed by atoms with Gasteiger partial charge in [0.1, 0.15) is 72.0 Å². The van der Waals surface area contributed by atoms with Crippen LogP contribution in [0.5, 0.6) is 0 Å². The fraction of sp³-hybridized carbons (Fsp3) is 1.00. The summed E-state index contributed by atoms with van der Waals surface area (Å²) in [6.45, 7) is 107. The predicted molar refractivity (Wildman–Crippen MR) is 649 cm³/mol. The maximum atomic E-state index is 8.95. The average molecular weight is 2190 g/mol. The number of hydrogen-bond acceptors (Lipinski definition) is 12. The van der Waals surface area contributed by atoms with Crippen LogP contribution in [0, 0.1) is 0 Å². The zero-order chi connectivity index (χ0) is 117. The lowest BCUT2D eigenvalue weighted by molar-refractivity contribution is -0.940. The number of likely N-dealkylation sites (N-methyl/N-ethyl adjacent to an activating group) is 5. The van der Waals surface area contributed by atoms with Gasteiger partial charge in [0.2, 0.25) is 0 Å². The molecule has 146 heavy (non-hydrogen) atoms. The highest BCUT2D eigenvalue weighted by molar-refractivity contribution is 6.18. The fourth-order valence-corrected chi connectivity index (χ4v) is 18.0. The normalized spacial score (nSPS) is 12.0. The first-order valence-corrected chi connectivity index (χ1v) is 61.8.